The zero-order chi connectivity index (χ0) is 19.3. The van der Waals surface area contributed by atoms with Crippen molar-refractivity contribution in [1.29, 1.82) is 0 Å². The molecule has 1 aliphatic heterocycles. The minimum Gasteiger partial charge on any atom is -0.376 e. The summed E-state index contributed by atoms with van der Waals surface area (Å²) < 4.78 is 42.9. The molecule has 2 amide bonds. The van der Waals surface area contributed by atoms with Crippen LogP contribution in [0.4, 0.5) is 18.0 Å². The third-order valence-corrected chi connectivity index (χ3v) is 4.25. The van der Waals surface area contributed by atoms with Crippen LogP contribution < -0.4 is 10.6 Å². The molecule has 27 heavy (non-hydrogen) atoms. The first-order chi connectivity index (χ1) is 12.9. The van der Waals surface area contributed by atoms with Crippen LogP contribution in [0.1, 0.15) is 29.3 Å². The van der Waals surface area contributed by atoms with Crippen LogP contribution in [0.25, 0.3) is 0 Å². The molecule has 0 radical (unpaired) electrons. The lowest BCUT2D eigenvalue weighted by Crippen LogP contribution is -2.39. The van der Waals surface area contributed by atoms with Gasteiger partial charge in [-0.1, -0.05) is 30.3 Å². The molecule has 2 atom stereocenters. The van der Waals surface area contributed by atoms with Gasteiger partial charge in [0.25, 0.3) is 0 Å². The fourth-order valence-electron chi connectivity index (χ4n) is 2.85. The van der Waals surface area contributed by atoms with Gasteiger partial charge in [-0.2, -0.15) is 13.2 Å². The molecule has 0 saturated carbocycles. The van der Waals surface area contributed by atoms with Crippen LogP contribution in [0.5, 0.6) is 0 Å². The normalized spacial score (nSPS) is 19.7. The topological polar surface area (TPSA) is 76.1 Å². The first kappa shape index (κ1) is 19.1. The lowest BCUT2D eigenvalue weighted by Gasteiger charge is -2.12. The van der Waals surface area contributed by atoms with Crippen molar-refractivity contribution in [2.45, 2.75) is 31.2 Å². The van der Waals surface area contributed by atoms with E-state index in [0.29, 0.717) is 24.6 Å². The molecule has 1 saturated heterocycles. The predicted molar refractivity (Wildman–Crippen MR) is 90.8 cm³/mol. The van der Waals surface area contributed by atoms with E-state index < -0.39 is 18.0 Å². The molecular weight excluding hydrogens is 361 g/mol. The molecule has 0 bridgehead atoms. The molecule has 1 aliphatic rings. The fourth-order valence-corrected chi connectivity index (χ4v) is 2.85. The number of carbonyl (C=O) groups excluding carboxylic acids is 1. The minimum absolute atomic E-state index is 0.0299. The summed E-state index contributed by atoms with van der Waals surface area (Å²) in [5.74, 6) is -0.896. The fraction of sp³-hybridized carbons (Fsp3) is 0.389. The van der Waals surface area contributed by atoms with Gasteiger partial charge in [0, 0.05) is 37.0 Å². The SMILES string of the molecule is O=C(NCc1cnc(C(F)(F)F)nc1)NC[C@@H]1C[C@H](c2ccccc2)CO1. The van der Waals surface area contributed by atoms with Gasteiger partial charge in [-0.15, -0.1) is 0 Å². The molecule has 1 fully saturated rings. The molecular formula is C18H19F3N4O2. The number of ether oxygens (including phenoxy) is 1. The number of rotatable bonds is 5. The maximum absolute atomic E-state index is 12.4. The summed E-state index contributed by atoms with van der Waals surface area (Å²) >= 11 is 0. The van der Waals surface area contributed by atoms with E-state index in [0.717, 1.165) is 18.8 Å². The Balaban J connectivity index is 1.39. The first-order valence-electron chi connectivity index (χ1n) is 8.48. The summed E-state index contributed by atoms with van der Waals surface area (Å²) in [6, 6.07) is 9.62. The van der Waals surface area contributed by atoms with Gasteiger partial charge < -0.3 is 15.4 Å². The number of urea groups is 1. The Morgan fingerprint density at radius 1 is 1.15 bits per heavy atom. The van der Waals surface area contributed by atoms with Gasteiger partial charge in [-0.3, -0.25) is 0 Å². The van der Waals surface area contributed by atoms with Gasteiger partial charge in [-0.25, -0.2) is 14.8 Å². The van der Waals surface area contributed by atoms with Crippen molar-refractivity contribution in [2.24, 2.45) is 0 Å². The molecule has 2 aromatic rings. The van der Waals surface area contributed by atoms with Gasteiger partial charge >= 0.3 is 12.2 Å². The summed E-state index contributed by atoms with van der Waals surface area (Å²) in [6.07, 6.45) is -1.75. The molecule has 2 N–H and O–H groups in total. The largest absolute Gasteiger partial charge is 0.451 e. The zero-order valence-electron chi connectivity index (χ0n) is 14.4. The molecule has 6 nitrogen and oxygen atoms in total. The maximum Gasteiger partial charge on any atom is 0.451 e. The van der Waals surface area contributed by atoms with Crippen molar-refractivity contribution in [1.82, 2.24) is 20.6 Å². The highest BCUT2D eigenvalue weighted by Crippen LogP contribution is 2.28. The van der Waals surface area contributed by atoms with Gasteiger partial charge in [0.05, 0.1) is 12.7 Å². The van der Waals surface area contributed by atoms with Crippen LogP contribution in [-0.4, -0.2) is 35.3 Å². The molecule has 0 aliphatic carbocycles. The third-order valence-electron chi connectivity index (χ3n) is 4.25. The van der Waals surface area contributed by atoms with E-state index in [1.807, 2.05) is 18.2 Å². The number of nitrogens with one attached hydrogen (secondary N) is 2. The minimum atomic E-state index is -4.58. The van der Waals surface area contributed by atoms with Crippen LogP contribution in [0, 0.1) is 0 Å². The van der Waals surface area contributed by atoms with Crippen LogP contribution in [0.3, 0.4) is 0 Å². The molecule has 0 unspecified atom stereocenters. The van der Waals surface area contributed by atoms with Gasteiger partial charge in [-0.05, 0) is 12.0 Å². The third kappa shape index (κ3) is 5.40. The highest BCUT2D eigenvalue weighted by atomic mass is 19.4. The number of aromatic nitrogens is 2. The highest BCUT2D eigenvalue weighted by molar-refractivity contribution is 5.73. The number of carbonyl (C=O) groups is 1. The number of hydrogen-bond acceptors (Lipinski definition) is 4. The van der Waals surface area contributed by atoms with E-state index in [-0.39, 0.29) is 12.6 Å². The Morgan fingerprint density at radius 3 is 2.52 bits per heavy atom. The van der Waals surface area contributed by atoms with Crippen LogP contribution in [-0.2, 0) is 17.5 Å². The van der Waals surface area contributed by atoms with E-state index in [1.54, 1.807) is 0 Å². The van der Waals surface area contributed by atoms with Gasteiger partial charge in [0.1, 0.15) is 0 Å². The smallest absolute Gasteiger partial charge is 0.376 e. The van der Waals surface area contributed by atoms with Crippen molar-refractivity contribution in [3.05, 3.63) is 59.7 Å². The van der Waals surface area contributed by atoms with Crippen molar-refractivity contribution in [3.63, 3.8) is 0 Å². The molecule has 3 rings (SSSR count). The number of benzene rings is 1. The van der Waals surface area contributed by atoms with Crippen molar-refractivity contribution in [3.8, 4) is 0 Å². The second-order valence-corrected chi connectivity index (χ2v) is 6.27. The molecule has 1 aromatic heterocycles. The monoisotopic (exact) mass is 380 g/mol. The molecule has 9 heteroatoms. The van der Waals surface area contributed by atoms with E-state index in [2.05, 4.69) is 32.7 Å². The predicted octanol–water partition coefficient (Wildman–Crippen LogP) is 2.87. The van der Waals surface area contributed by atoms with E-state index >= 15 is 0 Å². The maximum atomic E-state index is 12.4. The standard InChI is InChI=1S/C18H19F3N4O2/c19-18(20,21)16-22-7-12(8-23-16)9-24-17(26)25-10-15-6-14(11-27-15)13-4-2-1-3-5-13/h1-5,7-8,14-15H,6,9-11H2,(H2,24,25,26)/t14-,15-/m0/s1. The lowest BCUT2D eigenvalue weighted by molar-refractivity contribution is -0.145. The summed E-state index contributed by atoms with van der Waals surface area (Å²) in [7, 11) is 0. The number of alkyl halides is 3. The Labute approximate surface area is 154 Å². The first-order valence-corrected chi connectivity index (χ1v) is 8.48. The Kier molecular flexibility index (Phi) is 5.90. The second kappa shape index (κ2) is 8.34. The average molecular weight is 380 g/mol. The number of halogens is 3. The van der Waals surface area contributed by atoms with Crippen molar-refractivity contribution < 1.29 is 22.7 Å². The summed E-state index contributed by atoms with van der Waals surface area (Å²) in [4.78, 5) is 18.3. The Hall–Kier alpha value is -2.68. The van der Waals surface area contributed by atoms with E-state index in [1.165, 1.54) is 5.56 Å². The molecule has 144 valence electrons. The summed E-state index contributed by atoms with van der Waals surface area (Å²) in [5.41, 5.74) is 1.59. The molecule has 2 heterocycles. The van der Waals surface area contributed by atoms with E-state index in [4.69, 9.17) is 4.74 Å². The Bertz CT molecular complexity index is 753. The number of nitrogens with zero attached hydrogens (tertiary/aromatic N) is 2. The van der Waals surface area contributed by atoms with Crippen LogP contribution >= 0.6 is 0 Å². The van der Waals surface area contributed by atoms with Crippen molar-refractivity contribution in [2.75, 3.05) is 13.2 Å². The van der Waals surface area contributed by atoms with Crippen LogP contribution in [0.15, 0.2) is 42.7 Å². The van der Waals surface area contributed by atoms with Crippen molar-refractivity contribution >= 4 is 6.03 Å². The van der Waals surface area contributed by atoms with E-state index in [9.17, 15) is 18.0 Å². The highest BCUT2D eigenvalue weighted by Gasteiger charge is 2.34. The lowest BCUT2D eigenvalue weighted by atomic mass is 9.96. The summed E-state index contributed by atoms with van der Waals surface area (Å²) in [6.45, 7) is 1.00. The van der Waals surface area contributed by atoms with Crippen LogP contribution in [0.2, 0.25) is 0 Å². The van der Waals surface area contributed by atoms with Gasteiger partial charge in [0.15, 0.2) is 0 Å². The number of hydrogen-bond donors (Lipinski definition) is 2. The number of amides is 2. The zero-order valence-corrected chi connectivity index (χ0v) is 14.4. The quantitative estimate of drug-likeness (QED) is 0.836. The average Bonchev–Trinajstić information content (AvgIpc) is 3.14. The molecule has 1 aromatic carbocycles. The summed E-state index contributed by atoms with van der Waals surface area (Å²) in [5, 5.41) is 5.26. The second-order valence-electron chi connectivity index (χ2n) is 6.27. The van der Waals surface area contributed by atoms with Gasteiger partial charge in [0.2, 0.25) is 5.82 Å². The Morgan fingerprint density at radius 2 is 1.85 bits per heavy atom. The molecule has 0 spiro atoms.